The number of nitrogens with zero attached hydrogens (tertiary/aromatic N) is 2. The van der Waals surface area contributed by atoms with E-state index < -0.39 is 5.56 Å². The Morgan fingerprint density at radius 3 is 2.29 bits per heavy atom. The van der Waals surface area contributed by atoms with Gasteiger partial charge in [-0.1, -0.05) is 32.6 Å². The van der Waals surface area contributed by atoms with Gasteiger partial charge in [0.25, 0.3) is 5.56 Å². The third kappa shape index (κ3) is 4.03. The lowest BCUT2D eigenvalue weighted by Gasteiger charge is -2.08. The molecule has 0 saturated carbocycles. The van der Waals surface area contributed by atoms with Crippen molar-refractivity contribution >= 4 is 5.78 Å². The molecule has 0 saturated heterocycles. The smallest absolute Gasteiger partial charge is 0.267 e. The second kappa shape index (κ2) is 8.01. The SMILES string of the molecule is CCCCCCCC(=O)c1c(C)[nH]c(=O)c(C#N)c1C#N. The van der Waals surface area contributed by atoms with Crippen molar-refractivity contribution < 1.29 is 4.79 Å². The van der Waals surface area contributed by atoms with Gasteiger partial charge >= 0.3 is 0 Å². The van der Waals surface area contributed by atoms with Crippen LogP contribution >= 0.6 is 0 Å². The van der Waals surface area contributed by atoms with Gasteiger partial charge in [-0.2, -0.15) is 10.5 Å². The summed E-state index contributed by atoms with van der Waals surface area (Å²) in [5.74, 6) is -0.187. The van der Waals surface area contributed by atoms with Gasteiger partial charge < -0.3 is 4.98 Å². The van der Waals surface area contributed by atoms with E-state index in [0.29, 0.717) is 12.1 Å². The quantitative estimate of drug-likeness (QED) is 0.615. The Morgan fingerprint density at radius 2 is 1.71 bits per heavy atom. The predicted molar refractivity (Wildman–Crippen MR) is 78.9 cm³/mol. The van der Waals surface area contributed by atoms with E-state index in [4.69, 9.17) is 10.5 Å². The number of pyridine rings is 1. The number of hydrogen-bond donors (Lipinski definition) is 1. The Bertz CT molecular complexity index is 660. The number of carbonyl (C=O) groups is 1. The van der Waals surface area contributed by atoms with Crippen molar-refractivity contribution in [3.63, 3.8) is 0 Å². The number of H-pyrrole nitrogens is 1. The van der Waals surface area contributed by atoms with E-state index >= 15 is 0 Å². The highest BCUT2D eigenvalue weighted by atomic mass is 16.1. The molecule has 0 aromatic carbocycles. The summed E-state index contributed by atoms with van der Waals surface area (Å²) < 4.78 is 0. The topological polar surface area (TPSA) is 97.5 Å². The molecule has 0 spiro atoms. The molecule has 1 N–H and O–H groups in total. The molecule has 1 aromatic heterocycles. The summed E-state index contributed by atoms with van der Waals surface area (Å²) in [5, 5.41) is 18.1. The third-order valence-corrected chi connectivity index (χ3v) is 3.41. The van der Waals surface area contributed by atoms with Gasteiger partial charge in [0.05, 0.1) is 11.1 Å². The number of nitrogens with one attached hydrogen (secondary N) is 1. The van der Waals surface area contributed by atoms with Crippen LogP contribution in [0.4, 0.5) is 0 Å². The number of aromatic nitrogens is 1. The monoisotopic (exact) mass is 285 g/mol. The first-order valence-electron chi connectivity index (χ1n) is 7.17. The lowest BCUT2D eigenvalue weighted by molar-refractivity contribution is 0.0977. The molecule has 0 atom stereocenters. The van der Waals surface area contributed by atoms with E-state index in [2.05, 4.69) is 11.9 Å². The first-order valence-corrected chi connectivity index (χ1v) is 7.17. The Kier molecular flexibility index (Phi) is 6.36. The molecule has 0 aliphatic heterocycles. The minimum atomic E-state index is -0.619. The molecule has 5 nitrogen and oxygen atoms in total. The fourth-order valence-corrected chi connectivity index (χ4v) is 2.30. The summed E-state index contributed by atoms with van der Waals surface area (Å²) in [5.41, 5.74) is -0.459. The summed E-state index contributed by atoms with van der Waals surface area (Å²) in [4.78, 5) is 26.4. The van der Waals surface area contributed by atoms with Crippen molar-refractivity contribution in [3.8, 4) is 12.1 Å². The van der Waals surface area contributed by atoms with Crippen LogP contribution in [0.25, 0.3) is 0 Å². The van der Waals surface area contributed by atoms with Crippen LogP contribution in [-0.2, 0) is 0 Å². The van der Waals surface area contributed by atoms with Crippen molar-refractivity contribution in [1.29, 1.82) is 10.5 Å². The Morgan fingerprint density at radius 1 is 1.10 bits per heavy atom. The highest BCUT2D eigenvalue weighted by molar-refractivity contribution is 5.99. The zero-order valence-corrected chi connectivity index (χ0v) is 12.5. The lowest BCUT2D eigenvalue weighted by Crippen LogP contribution is -2.19. The molecule has 0 unspecified atom stereocenters. The van der Waals surface area contributed by atoms with Gasteiger partial charge in [-0.05, 0) is 13.3 Å². The van der Waals surface area contributed by atoms with Gasteiger partial charge in [0, 0.05) is 12.1 Å². The standard InChI is InChI=1S/C16H19N3O2/c1-3-4-5-6-7-8-14(20)15-11(2)19-16(21)13(10-18)12(15)9-17/h3-8H2,1-2H3,(H,19,21). The summed E-state index contributed by atoms with van der Waals surface area (Å²) in [6, 6.07) is 3.53. The summed E-state index contributed by atoms with van der Waals surface area (Å²) in [6.07, 6.45) is 5.42. The van der Waals surface area contributed by atoms with Gasteiger partial charge in [0.15, 0.2) is 5.78 Å². The summed E-state index contributed by atoms with van der Waals surface area (Å²) in [6.45, 7) is 3.70. The van der Waals surface area contributed by atoms with Crippen LogP contribution in [0.5, 0.6) is 0 Å². The number of hydrogen-bond acceptors (Lipinski definition) is 4. The molecule has 0 radical (unpaired) electrons. The van der Waals surface area contributed by atoms with Crippen LogP contribution in [-0.4, -0.2) is 10.8 Å². The molecule has 5 heteroatoms. The molecule has 21 heavy (non-hydrogen) atoms. The molecule has 1 heterocycles. The molecular weight excluding hydrogens is 266 g/mol. The normalized spacial score (nSPS) is 9.90. The molecule has 110 valence electrons. The highest BCUT2D eigenvalue weighted by Crippen LogP contribution is 2.17. The largest absolute Gasteiger partial charge is 0.325 e. The number of unbranched alkanes of at least 4 members (excludes halogenated alkanes) is 4. The van der Waals surface area contributed by atoms with Gasteiger partial charge in [-0.15, -0.1) is 0 Å². The summed E-state index contributed by atoms with van der Waals surface area (Å²) >= 11 is 0. The average Bonchev–Trinajstić information content (AvgIpc) is 2.45. The van der Waals surface area contributed by atoms with E-state index in [-0.39, 0.29) is 22.5 Å². The van der Waals surface area contributed by atoms with Crippen LogP contribution < -0.4 is 5.56 Å². The minimum Gasteiger partial charge on any atom is -0.325 e. The van der Waals surface area contributed by atoms with Crippen LogP contribution in [0.1, 0.15) is 72.6 Å². The second-order valence-electron chi connectivity index (χ2n) is 5.02. The predicted octanol–water partition coefficient (Wildman–Crippen LogP) is 2.97. The average molecular weight is 285 g/mol. The van der Waals surface area contributed by atoms with Gasteiger partial charge in [-0.3, -0.25) is 9.59 Å². The van der Waals surface area contributed by atoms with E-state index in [0.717, 1.165) is 32.1 Å². The Labute approximate surface area is 124 Å². The molecule has 0 aliphatic carbocycles. The van der Waals surface area contributed by atoms with E-state index in [1.165, 1.54) is 0 Å². The fraction of sp³-hybridized carbons (Fsp3) is 0.500. The molecule has 1 rings (SSSR count). The number of nitriles is 2. The van der Waals surface area contributed by atoms with Crippen LogP contribution in [0, 0.1) is 29.6 Å². The van der Waals surface area contributed by atoms with Crippen molar-refractivity contribution in [3.05, 3.63) is 32.7 Å². The maximum Gasteiger partial charge on any atom is 0.267 e. The van der Waals surface area contributed by atoms with Crippen LogP contribution in [0.2, 0.25) is 0 Å². The zero-order chi connectivity index (χ0) is 15.8. The molecule has 0 amide bonds. The molecule has 0 fully saturated rings. The first-order chi connectivity index (χ1) is 10.1. The van der Waals surface area contributed by atoms with Crippen molar-refractivity contribution in [2.24, 2.45) is 0 Å². The number of Topliss-reactive ketones (excluding diaryl/α,β-unsaturated/α-hetero) is 1. The Hall–Kier alpha value is -2.40. The van der Waals surface area contributed by atoms with E-state index in [1.54, 1.807) is 13.0 Å². The minimum absolute atomic E-state index is 0.0997. The molecular formula is C16H19N3O2. The number of carbonyl (C=O) groups excluding carboxylic acids is 1. The highest BCUT2D eigenvalue weighted by Gasteiger charge is 2.20. The maximum atomic E-state index is 12.3. The van der Waals surface area contributed by atoms with Crippen molar-refractivity contribution in [2.75, 3.05) is 0 Å². The fourth-order valence-electron chi connectivity index (χ4n) is 2.30. The van der Waals surface area contributed by atoms with E-state index in [9.17, 15) is 9.59 Å². The molecule has 0 aliphatic rings. The third-order valence-electron chi connectivity index (χ3n) is 3.41. The molecule has 1 aromatic rings. The lowest BCUT2D eigenvalue weighted by atomic mass is 9.96. The van der Waals surface area contributed by atoms with Crippen molar-refractivity contribution in [2.45, 2.75) is 52.4 Å². The van der Waals surface area contributed by atoms with Gasteiger partial charge in [0.2, 0.25) is 0 Å². The maximum absolute atomic E-state index is 12.3. The Balaban J connectivity index is 2.98. The molecule has 0 bridgehead atoms. The zero-order valence-electron chi connectivity index (χ0n) is 12.5. The van der Waals surface area contributed by atoms with Crippen molar-refractivity contribution in [1.82, 2.24) is 4.98 Å². The number of ketones is 1. The second-order valence-corrected chi connectivity index (χ2v) is 5.02. The van der Waals surface area contributed by atoms with Crippen LogP contribution in [0.15, 0.2) is 4.79 Å². The van der Waals surface area contributed by atoms with E-state index in [1.807, 2.05) is 6.07 Å². The number of aryl methyl sites for hydroxylation is 1. The first kappa shape index (κ1) is 16.7. The summed E-state index contributed by atoms with van der Waals surface area (Å²) in [7, 11) is 0. The number of aromatic amines is 1. The van der Waals surface area contributed by atoms with Crippen LogP contribution in [0.3, 0.4) is 0 Å². The van der Waals surface area contributed by atoms with Gasteiger partial charge in [0.1, 0.15) is 17.7 Å². The van der Waals surface area contributed by atoms with Gasteiger partial charge in [-0.25, -0.2) is 0 Å². The number of rotatable bonds is 7.